The molecule has 192 valence electrons. The molecule has 1 atom stereocenters. The second-order valence-electron chi connectivity index (χ2n) is 9.88. The van der Waals surface area contributed by atoms with Gasteiger partial charge in [-0.05, 0) is 49.4 Å². The van der Waals surface area contributed by atoms with E-state index in [1.807, 2.05) is 42.5 Å². The van der Waals surface area contributed by atoms with Crippen LogP contribution in [0.3, 0.4) is 0 Å². The molecule has 0 fully saturated rings. The Labute approximate surface area is 211 Å². The summed E-state index contributed by atoms with van der Waals surface area (Å²) in [5.74, 6) is -1.26. The van der Waals surface area contributed by atoms with Crippen LogP contribution >= 0.6 is 0 Å². The van der Waals surface area contributed by atoms with Crippen molar-refractivity contribution in [2.75, 3.05) is 13.1 Å². The summed E-state index contributed by atoms with van der Waals surface area (Å²) in [4.78, 5) is 37.2. The van der Waals surface area contributed by atoms with Crippen LogP contribution in [0.5, 0.6) is 0 Å². The van der Waals surface area contributed by atoms with Gasteiger partial charge in [-0.25, -0.2) is 10.2 Å². The van der Waals surface area contributed by atoms with Gasteiger partial charge in [0.05, 0.1) is 6.42 Å². The van der Waals surface area contributed by atoms with Crippen LogP contribution in [0.4, 0.5) is 4.79 Å². The molecule has 1 aliphatic rings. The number of rotatable bonds is 8. The Kier molecular flexibility index (Phi) is 9.19. The number of fused-ring (bicyclic) bond motifs is 1. The predicted octanol–water partition coefficient (Wildman–Crippen LogP) is 3.43. The second-order valence-corrected chi connectivity index (χ2v) is 9.88. The fraction of sp³-hybridized carbons (Fsp3) is 0.407. The molecule has 0 bridgehead atoms. The standard InChI is InChI=1S/C27H34N4O5/c1-27(2,3)36-26(35)30-29-16-24(32)28-15-19-8-10-20(11-9-19)17-31-13-12-21-6-4-5-7-23(21)22(18-31)14-25(33)34/h4-11,16,22H,12-15,17-18H2,1-3H3,(H,28,32)(H,30,35)(H,33,34). The van der Waals surface area contributed by atoms with Crippen molar-refractivity contribution in [3.05, 3.63) is 70.8 Å². The van der Waals surface area contributed by atoms with Crippen LogP contribution in [-0.2, 0) is 33.8 Å². The van der Waals surface area contributed by atoms with Crippen LogP contribution in [0.15, 0.2) is 53.6 Å². The van der Waals surface area contributed by atoms with Gasteiger partial charge in [0.25, 0.3) is 5.91 Å². The van der Waals surface area contributed by atoms with Gasteiger partial charge in [0, 0.05) is 32.1 Å². The summed E-state index contributed by atoms with van der Waals surface area (Å²) in [6, 6.07) is 16.1. The number of carbonyl (C=O) groups is 3. The average Bonchev–Trinajstić information content (AvgIpc) is 2.96. The summed E-state index contributed by atoms with van der Waals surface area (Å²) in [6.45, 7) is 7.79. The van der Waals surface area contributed by atoms with E-state index in [1.165, 1.54) is 5.56 Å². The molecule has 0 spiro atoms. The van der Waals surface area contributed by atoms with Gasteiger partial charge in [0.15, 0.2) is 0 Å². The van der Waals surface area contributed by atoms with Crippen LogP contribution in [0, 0.1) is 0 Å². The Bertz CT molecular complexity index is 1090. The van der Waals surface area contributed by atoms with Crippen molar-refractivity contribution in [1.29, 1.82) is 0 Å². The lowest BCUT2D eigenvalue weighted by atomic mass is 9.91. The van der Waals surface area contributed by atoms with E-state index in [0.29, 0.717) is 13.1 Å². The second kappa shape index (κ2) is 12.3. The normalized spacial score (nSPS) is 16.1. The largest absolute Gasteiger partial charge is 0.481 e. The van der Waals surface area contributed by atoms with Crippen LogP contribution in [-0.4, -0.2) is 52.9 Å². The van der Waals surface area contributed by atoms with E-state index in [0.717, 1.165) is 42.4 Å². The molecule has 0 saturated heterocycles. The highest BCUT2D eigenvalue weighted by atomic mass is 16.6. The highest BCUT2D eigenvalue weighted by molar-refractivity contribution is 6.26. The third kappa shape index (κ3) is 8.81. The first-order valence-corrected chi connectivity index (χ1v) is 12.0. The van der Waals surface area contributed by atoms with Crippen molar-refractivity contribution in [3.8, 4) is 0 Å². The molecule has 2 amide bonds. The lowest BCUT2D eigenvalue weighted by molar-refractivity contribution is -0.137. The summed E-state index contributed by atoms with van der Waals surface area (Å²) < 4.78 is 5.04. The Morgan fingerprint density at radius 2 is 1.81 bits per heavy atom. The SMILES string of the molecule is CC(C)(C)OC(=O)NN=CC(=O)NCc1ccc(CN2CCc3ccccc3C(CC(=O)O)C2)cc1. The molecule has 1 unspecified atom stereocenters. The fourth-order valence-corrected chi connectivity index (χ4v) is 4.17. The van der Waals surface area contributed by atoms with Crippen molar-refractivity contribution < 1.29 is 24.2 Å². The van der Waals surface area contributed by atoms with Crippen LogP contribution in [0.25, 0.3) is 0 Å². The maximum absolute atomic E-state index is 11.9. The molecule has 3 rings (SSSR count). The molecule has 0 aliphatic carbocycles. The van der Waals surface area contributed by atoms with E-state index in [4.69, 9.17) is 4.74 Å². The van der Waals surface area contributed by atoms with Gasteiger partial charge < -0.3 is 15.2 Å². The van der Waals surface area contributed by atoms with E-state index in [1.54, 1.807) is 20.8 Å². The molecule has 0 saturated carbocycles. The number of nitrogens with zero attached hydrogens (tertiary/aromatic N) is 2. The van der Waals surface area contributed by atoms with Crippen molar-refractivity contribution in [2.45, 2.75) is 58.2 Å². The molecule has 1 aliphatic heterocycles. The zero-order chi connectivity index (χ0) is 26.1. The number of hydrogen-bond donors (Lipinski definition) is 3. The van der Waals surface area contributed by atoms with Gasteiger partial charge >= 0.3 is 12.1 Å². The van der Waals surface area contributed by atoms with E-state index in [9.17, 15) is 19.5 Å². The minimum Gasteiger partial charge on any atom is -0.481 e. The summed E-state index contributed by atoms with van der Waals surface area (Å²) in [6.07, 6.45) is 1.26. The van der Waals surface area contributed by atoms with Gasteiger partial charge in [0.2, 0.25) is 0 Å². The molecule has 2 aromatic rings. The lowest BCUT2D eigenvalue weighted by Gasteiger charge is -2.24. The number of carboxylic acid groups (broad SMARTS) is 1. The van der Waals surface area contributed by atoms with E-state index in [-0.39, 0.29) is 12.3 Å². The summed E-state index contributed by atoms with van der Waals surface area (Å²) in [5, 5.41) is 15.7. The van der Waals surface area contributed by atoms with Crippen LogP contribution in [0.2, 0.25) is 0 Å². The van der Waals surface area contributed by atoms with Crippen molar-refractivity contribution in [1.82, 2.24) is 15.6 Å². The third-order valence-electron chi connectivity index (χ3n) is 5.72. The van der Waals surface area contributed by atoms with Gasteiger partial charge in [-0.1, -0.05) is 48.5 Å². The maximum atomic E-state index is 11.9. The molecule has 1 heterocycles. The molecule has 3 N–H and O–H groups in total. The predicted molar refractivity (Wildman–Crippen MR) is 137 cm³/mol. The minimum absolute atomic E-state index is 0.0397. The zero-order valence-corrected chi connectivity index (χ0v) is 21.0. The minimum atomic E-state index is -0.784. The van der Waals surface area contributed by atoms with Gasteiger partial charge in [-0.15, -0.1) is 0 Å². The van der Waals surface area contributed by atoms with Gasteiger partial charge in [0.1, 0.15) is 11.8 Å². The van der Waals surface area contributed by atoms with E-state index in [2.05, 4.69) is 26.8 Å². The van der Waals surface area contributed by atoms with Crippen molar-refractivity contribution in [3.63, 3.8) is 0 Å². The molecule has 9 heteroatoms. The number of carbonyl (C=O) groups excluding carboxylic acids is 2. The Hall–Kier alpha value is -3.72. The molecule has 0 radical (unpaired) electrons. The molecule has 0 aromatic heterocycles. The number of hydrogen-bond acceptors (Lipinski definition) is 6. The maximum Gasteiger partial charge on any atom is 0.428 e. The lowest BCUT2D eigenvalue weighted by Crippen LogP contribution is -2.31. The monoisotopic (exact) mass is 494 g/mol. The van der Waals surface area contributed by atoms with Crippen LogP contribution < -0.4 is 10.7 Å². The fourth-order valence-electron chi connectivity index (χ4n) is 4.17. The Balaban J connectivity index is 1.49. The highest BCUT2D eigenvalue weighted by Gasteiger charge is 2.25. The Morgan fingerprint density at radius 1 is 1.11 bits per heavy atom. The number of ether oxygens (including phenoxy) is 1. The molecular weight excluding hydrogens is 460 g/mol. The third-order valence-corrected chi connectivity index (χ3v) is 5.72. The molecule has 9 nitrogen and oxygen atoms in total. The molecule has 2 aromatic carbocycles. The first-order valence-electron chi connectivity index (χ1n) is 12.0. The van der Waals surface area contributed by atoms with Crippen molar-refractivity contribution in [2.24, 2.45) is 5.10 Å². The number of carboxylic acids is 1. The highest BCUT2D eigenvalue weighted by Crippen LogP contribution is 2.29. The average molecular weight is 495 g/mol. The first kappa shape index (κ1) is 26.9. The number of aliphatic carboxylic acids is 1. The number of hydrazone groups is 1. The topological polar surface area (TPSA) is 120 Å². The first-order chi connectivity index (χ1) is 17.1. The summed E-state index contributed by atoms with van der Waals surface area (Å²) in [7, 11) is 0. The number of nitrogens with one attached hydrogen (secondary N) is 2. The van der Waals surface area contributed by atoms with E-state index >= 15 is 0 Å². The number of benzene rings is 2. The van der Waals surface area contributed by atoms with Gasteiger partial charge in [-0.3, -0.25) is 14.5 Å². The van der Waals surface area contributed by atoms with Gasteiger partial charge in [-0.2, -0.15) is 5.10 Å². The molecular formula is C27H34N4O5. The zero-order valence-electron chi connectivity index (χ0n) is 21.0. The quantitative estimate of drug-likeness (QED) is 0.382. The number of amides is 2. The summed E-state index contributed by atoms with van der Waals surface area (Å²) >= 11 is 0. The van der Waals surface area contributed by atoms with Crippen molar-refractivity contribution >= 4 is 24.2 Å². The van der Waals surface area contributed by atoms with E-state index < -0.39 is 23.6 Å². The molecule has 36 heavy (non-hydrogen) atoms. The van der Waals surface area contributed by atoms with Crippen LogP contribution in [0.1, 0.15) is 55.4 Å². The summed E-state index contributed by atoms with van der Waals surface area (Å²) in [5.41, 5.74) is 5.91. The Morgan fingerprint density at radius 3 is 2.50 bits per heavy atom. The smallest absolute Gasteiger partial charge is 0.428 e.